The van der Waals surface area contributed by atoms with Crippen LogP contribution in [0.15, 0.2) is 0 Å². The van der Waals surface area contributed by atoms with Crippen molar-refractivity contribution in [3.63, 3.8) is 0 Å². The van der Waals surface area contributed by atoms with Gasteiger partial charge in [0.15, 0.2) is 0 Å². The highest BCUT2D eigenvalue weighted by Crippen LogP contribution is 2.68. The van der Waals surface area contributed by atoms with E-state index >= 15 is 0 Å². The average molecular weight is 475 g/mol. The second-order valence-electron chi connectivity index (χ2n) is 13.6. The zero-order chi connectivity index (χ0) is 24.7. The first-order valence-electron chi connectivity index (χ1n) is 15.0. The van der Waals surface area contributed by atoms with Crippen molar-refractivity contribution in [1.29, 1.82) is 0 Å². The molecular weight excluding hydrogens is 420 g/mol. The number of carbonyl (C=O) groups excluding carboxylic acids is 1. The molecule has 3 nitrogen and oxygen atoms in total. The molecule has 4 aliphatic rings. The molecule has 0 saturated heterocycles. The van der Waals surface area contributed by atoms with Crippen molar-refractivity contribution in [1.82, 2.24) is 0 Å². The zero-order valence-corrected chi connectivity index (χ0v) is 23.2. The molecule has 0 aromatic carbocycles. The molecule has 0 radical (unpaired) electrons. The normalized spacial score (nSPS) is 43.5. The van der Waals surface area contributed by atoms with E-state index in [2.05, 4.69) is 34.6 Å². The average Bonchev–Trinajstić information content (AvgIpc) is 3.16. The summed E-state index contributed by atoms with van der Waals surface area (Å²) in [6.07, 6.45) is 15.1. The van der Waals surface area contributed by atoms with Crippen molar-refractivity contribution in [2.75, 3.05) is 6.61 Å². The van der Waals surface area contributed by atoms with Gasteiger partial charge >= 0.3 is 5.97 Å². The van der Waals surface area contributed by atoms with Gasteiger partial charge in [0.25, 0.3) is 0 Å². The summed E-state index contributed by atoms with van der Waals surface area (Å²) in [5, 5.41) is 10.9. The molecule has 0 aliphatic heterocycles. The minimum absolute atomic E-state index is 0.0796. The third-order valence-corrected chi connectivity index (χ3v) is 12.2. The number of hydrogen-bond acceptors (Lipinski definition) is 3. The van der Waals surface area contributed by atoms with Gasteiger partial charge in [-0.2, -0.15) is 0 Å². The van der Waals surface area contributed by atoms with E-state index in [1.807, 2.05) is 0 Å². The molecule has 0 bridgehead atoms. The largest absolute Gasteiger partial charge is 0.462 e. The molecule has 0 spiro atoms. The molecule has 10 atom stereocenters. The molecule has 3 heteroatoms. The Kier molecular flexibility index (Phi) is 8.12. The lowest BCUT2D eigenvalue weighted by molar-refractivity contribution is -0.207. The first-order chi connectivity index (χ1) is 16.2. The molecule has 4 rings (SSSR count). The maximum atomic E-state index is 12.0. The van der Waals surface area contributed by atoms with Gasteiger partial charge in [0, 0.05) is 12.3 Å². The minimum atomic E-state index is -0.191. The van der Waals surface area contributed by atoms with Crippen LogP contribution in [0.4, 0.5) is 0 Å². The molecule has 0 amide bonds. The topological polar surface area (TPSA) is 46.5 Å². The van der Waals surface area contributed by atoms with Crippen LogP contribution in [0.3, 0.4) is 0 Å². The lowest BCUT2D eigenvalue weighted by Gasteiger charge is -2.62. The standard InChI is InChI=1S/C31H54O3/c1-7-23(20(2)3)12-11-21(4)26-15-16-27-25-14-13-24-9-8-10-29(34-22(5)33)31(24,19-32)28(25)17-18-30(26,27)6/h20-21,23-29,32H,7-19H2,1-6H3/t21-,23-,24?,25+,26-,27+,28+,29?,30-,31+/m1/s1. The molecule has 2 unspecified atom stereocenters. The monoisotopic (exact) mass is 474 g/mol. The summed E-state index contributed by atoms with van der Waals surface area (Å²) < 4.78 is 5.99. The van der Waals surface area contributed by atoms with E-state index in [1.165, 1.54) is 64.2 Å². The highest BCUT2D eigenvalue weighted by atomic mass is 16.5. The molecule has 4 aliphatic carbocycles. The molecule has 34 heavy (non-hydrogen) atoms. The molecule has 4 saturated carbocycles. The van der Waals surface area contributed by atoms with Crippen LogP contribution in [0.25, 0.3) is 0 Å². The second kappa shape index (κ2) is 10.4. The Labute approximate surface area is 210 Å². The smallest absolute Gasteiger partial charge is 0.302 e. The maximum absolute atomic E-state index is 12.0. The summed E-state index contributed by atoms with van der Waals surface area (Å²) in [5.74, 6) is 5.70. The molecule has 0 aromatic rings. The van der Waals surface area contributed by atoms with Crippen molar-refractivity contribution in [2.45, 2.75) is 125 Å². The van der Waals surface area contributed by atoms with Crippen molar-refractivity contribution in [2.24, 2.45) is 58.2 Å². The van der Waals surface area contributed by atoms with Gasteiger partial charge in [0.05, 0.1) is 6.61 Å². The summed E-state index contributed by atoms with van der Waals surface area (Å²) in [4.78, 5) is 12.0. The third kappa shape index (κ3) is 4.39. The van der Waals surface area contributed by atoms with Gasteiger partial charge < -0.3 is 9.84 Å². The highest BCUT2D eigenvalue weighted by Gasteiger charge is 2.64. The Morgan fingerprint density at radius 3 is 2.41 bits per heavy atom. The summed E-state index contributed by atoms with van der Waals surface area (Å²) in [5.41, 5.74) is 0.263. The predicted octanol–water partition coefficient (Wildman–Crippen LogP) is 7.65. The van der Waals surface area contributed by atoms with Crippen LogP contribution in [-0.2, 0) is 9.53 Å². The van der Waals surface area contributed by atoms with Crippen LogP contribution in [0.1, 0.15) is 119 Å². The van der Waals surface area contributed by atoms with Crippen LogP contribution >= 0.6 is 0 Å². The van der Waals surface area contributed by atoms with Crippen LogP contribution in [-0.4, -0.2) is 23.8 Å². The molecular formula is C31H54O3. The zero-order valence-electron chi connectivity index (χ0n) is 23.2. The van der Waals surface area contributed by atoms with E-state index < -0.39 is 0 Å². The van der Waals surface area contributed by atoms with E-state index in [0.717, 1.165) is 42.4 Å². The quantitative estimate of drug-likeness (QED) is 0.367. The highest BCUT2D eigenvalue weighted by molar-refractivity contribution is 5.66. The summed E-state index contributed by atoms with van der Waals surface area (Å²) in [6.45, 7) is 14.1. The molecule has 1 N–H and O–H groups in total. The fraction of sp³-hybridized carbons (Fsp3) is 0.968. The summed E-state index contributed by atoms with van der Waals surface area (Å²) in [7, 11) is 0. The summed E-state index contributed by atoms with van der Waals surface area (Å²) in [6, 6.07) is 0. The fourth-order valence-corrected chi connectivity index (χ4v) is 10.4. The Morgan fingerprint density at radius 2 is 1.76 bits per heavy atom. The van der Waals surface area contributed by atoms with E-state index in [9.17, 15) is 9.90 Å². The van der Waals surface area contributed by atoms with Gasteiger partial charge in [-0.25, -0.2) is 0 Å². The fourth-order valence-electron chi connectivity index (χ4n) is 10.4. The number of rotatable bonds is 8. The van der Waals surface area contributed by atoms with E-state index in [4.69, 9.17) is 4.74 Å². The van der Waals surface area contributed by atoms with Crippen molar-refractivity contribution >= 4 is 5.97 Å². The van der Waals surface area contributed by atoms with Gasteiger partial charge in [0.2, 0.25) is 0 Å². The van der Waals surface area contributed by atoms with Gasteiger partial charge in [-0.15, -0.1) is 0 Å². The van der Waals surface area contributed by atoms with Crippen LogP contribution < -0.4 is 0 Å². The summed E-state index contributed by atoms with van der Waals surface area (Å²) >= 11 is 0. The van der Waals surface area contributed by atoms with Crippen molar-refractivity contribution < 1.29 is 14.6 Å². The lowest BCUT2D eigenvalue weighted by Crippen LogP contribution is -2.61. The maximum Gasteiger partial charge on any atom is 0.302 e. The van der Waals surface area contributed by atoms with E-state index in [0.29, 0.717) is 23.2 Å². The number of aliphatic hydroxyl groups excluding tert-OH is 1. The van der Waals surface area contributed by atoms with Crippen LogP contribution in [0, 0.1) is 58.2 Å². The number of fused-ring (bicyclic) bond motifs is 5. The van der Waals surface area contributed by atoms with Gasteiger partial charge in [0.1, 0.15) is 6.10 Å². The second-order valence-corrected chi connectivity index (χ2v) is 13.6. The van der Waals surface area contributed by atoms with Gasteiger partial charge in [-0.05, 0) is 117 Å². The molecule has 4 fully saturated rings. The molecule has 0 heterocycles. The van der Waals surface area contributed by atoms with Crippen LogP contribution in [0.2, 0.25) is 0 Å². The molecule has 196 valence electrons. The number of carbonyl (C=O) groups is 1. The first-order valence-corrected chi connectivity index (χ1v) is 15.0. The first kappa shape index (κ1) is 26.5. The molecule has 0 aromatic heterocycles. The Hall–Kier alpha value is -0.570. The Morgan fingerprint density at radius 1 is 1.00 bits per heavy atom. The number of hydrogen-bond donors (Lipinski definition) is 1. The van der Waals surface area contributed by atoms with Crippen molar-refractivity contribution in [3.05, 3.63) is 0 Å². The van der Waals surface area contributed by atoms with E-state index in [1.54, 1.807) is 6.92 Å². The van der Waals surface area contributed by atoms with Gasteiger partial charge in [-0.3, -0.25) is 4.79 Å². The Balaban J connectivity index is 1.53. The van der Waals surface area contributed by atoms with Crippen molar-refractivity contribution in [3.8, 4) is 0 Å². The van der Waals surface area contributed by atoms with Crippen LogP contribution in [0.5, 0.6) is 0 Å². The lowest BCUT2D eigenvalue weighted by atomic mass is 9.43. The predicted molar refractivity (Wildman–Crippen MR) is 139 cm³/mol. The third-order valence-electron chi connectivity index (χ3n) is 12.2. The Bertz CT molecular complexity index is 703. The minimum Gasteiger partial charge on any atom is -0.462 e. The number of ether oxygens (including phenoxy) is 1. The van der Waals surface area contributed by atoms with E-state index in [-0.39, 0.29) is 24.1 Å². The number of esters is 1. The number of aliphatic hydroxyl groups is 1. The van der Waals surface area contributed by atoms with Gasteiger partial charge in [-0.1, -0.05) is 47.5 Å². The SMILES string of the molecule is CC[C@H](CC[C@@H](C)[C@H]1CC[C@H]2[C@@H]3CCC4CCCC(OC(C)=O)[C@]4(CO)[C@H]3CC[C@]12C)C(C)C.